The molecule has 0 aromatic heterocycles. The first-order valence-corrected chi connectivity index (χ1v) is 5.25. The van der Waals surface area contributed by atoms with Crippen molar-refractivity contribution in [1.82, 2.24) is 0 Å². The summed E-state index contributed by atoms with van der Waals surface area (Å²) < 4.78 is 1.08. The molecule has 0 spiro atoms. The first-order chi connectivity index (χ1) is 6.52. The van der Waals surface area contributed by atoms with Crippen molar-refractivity contribution in [2.45, 2.75) is 19.4 Å². The van der Waals surface area contributed by atoms with Crippen LogP contribution >= 0.6 is 22.6 Å². The summed E-state index contributed by atoms with van der Waals surface area (Å²) in [5.74, 6) is -1.18. The number of halogens is 1. The second kappa shape index (κ2) is 4.75. The molecule has 3 nitrogen and oxygen atoms in total. The van der Waals surface area contributed by atoms with Gasteiger partial charge in [0.15, 0.2) is 6.10 Å². The molecule has 1 aromatic carbocycles. The van der Waals surface area contributed by atoms with Gasteiger partial charge in [-0.05, 0) is 46.7 Å². The maximum absolute atomic E-state index is 10.4. The quantitative estimate of drug-likeness (QED) is 0.834. The number of carbonyl (C=O) groups is 1. The molecule has 0 saturated heterocycles. The van der Waals surface area contributed by atoms with Gasteiger partial charge in [0.05, 0.1) is 0 Å². The van der Waals surface area contributed by atoms with E-state index in [0.717, 1.165) is 14.7 Å². The summed E-state index contributed by atoms with van der Waals surface area (Å²) in [6, 6.07) is 5.65. The van der Waals surface area contributed by atoms with E-state index in [4.69, 9.17) is 5.11 Å². The lowest BCUT2D eigenvalue weighted by Crippen LogP contribution is -2.22. The lowest BCUT2D eigenvalue weighted by molar-refractivity contribution is -0.146. The van der Waals surface area contributed by atoms with Gasteiger partial charge in [0, 0.05) is 9.99 Å². The van der Waals surface area contributed by atoms with Crippen molar-refractivity contribution in [2.24, 2.45) is 0 Å². The molecule has 1 aromatic rings. The fourth-order valence-corrected chi connectivity index (χ4v) is 1.72. The van der Waals surface area contributed by atoms with Gasteiger partial charge < -0.3 is 10.2 Å². The van der Waals surface area contributed by atoms with E-state index in [1.54, 1.807) is 0 Å². The lowest BCUT2D eigenvalue weighted by atomic mass is 10.0. The first-order valence-electron chi connectivity index (χ1n) is 4.17. The third-order valence-electron chi connectivity index (χ3n) is 2.08. The molecular formula is C10H11IO3. The number of benzene rings is 1. The van der Waals surface area contributed by atoms with Crippen molar-refractivity contribution in [3.8, 4) is 0 Å². The van der Waals surface area contributed by atoms with E-state index in [-0.39, 0.29) is 6.42 Å². The summed E-state index contributed by atoms with van der Waals surface area (Å²) in [5, 5.41) is 17.7. The maximum Gasteiger partial charge on any atom is 0.332 e. The highest BCUT2D eigenvalue weighted by Gasteiger charge is 2.15. The van der Waals surface area contributed by atoms with Gasteiger partial charge in [0.2, 0.25) is 0 Å². The van der Waals surface area contributed by atoms with Crippen LogP contribution in [-0.4, -0.2) is 22.3 Å². The van der Waals surface area contributed by atoms with Crippen molar-refractivity contribution in [3.63, 3.8) is 0 Å². The van der Waals surface area contributed by atoms with Crippen LogP contribution in [0.4, 0.5) is 0 Å². The van der Waals surface area contributed by atoms with Crippen molar-refractivity contribution in [3.05, 3.63) is 32.9 Å². The molecule has 0 aliphatic rings. The zero-order valence-corrected chi connectivity index (χ0v) is 9.85. The van der Waals surface area contributed by atoms with Crippen LogP contribution in [0.15, 0.2) is 18.2 Å². The molecule has 0 aliphatic carbocycles. The van der Waals surface area contributed by atoms with Crippen LogP contribution in [0.25, 0.3) is 0 Å². The van der Waals surface area contributed by atoms with Crippen LogP contribution in [0, 0.1) is 10.5 Å². The third-order valence-corrected chi connectivity index (χ3v) is 3.25. The molecule has 0 radical (unpaired) electrons. The standard InChI is InChI=1S/C10H11IO3/c1-6-7(3-2-4-8(6)11)5-9(12)10(13)14/h2-4,9,12H,5H2,1H3,(H,13,14). The van der Waals surface area contributed by atoms with Crippen LogP contribution in [-0.2, 0) is 11.2 Å². The van der Waals surface area contributed by atoms with Crippen molar-refractivity contribution < 1.29 is 15.0 Å². The van der Waals surface area contributed by atoms with Gasteiger partial charge in [0.1, 0.15) is 0 Å². The fraction of sp³-hybridized carbons (Fsp3) is 0.300. The lowest BCUT2D eigenvalue weighted by Gasteiger charge is -2.09. The van der Waals surface area contributed by atoms with Gasteiger partial charge in [-0.15, -0.1) is 0 Å². The highest BCUT2D eigenvalue weighted by atomic mass is 127. The Bertz CT molecular complexity index is 349. The second-order valence-corrected chi connectivity index (χ2v) is 4.24. The van der Waals surface area contributed by atoms with E-state index in [1.165, 1.54) is 0 Å². The molecule has 0 heterocycles. The van der Waals surface area contributed by atoms with Gasteiger partial charge in [-0.25, -0.2) is 4.79 Å². The number of carboxylic acids is 1. The molecule has 2 N–H and O–H groups in total. The summed E-state index contributed by atoms with van der Waals surface area (Å²) in [7, 11) is 0. The summed E-state index contributed by atoms with van der Waals surface area (Å²) in [5.41, 5.74) is 1.92. The first kappa shape index (κ1) is 11.5. The van der Waals surface area contributed by atoms with Crippen LogP contribution in [0.1, 0.15) is 11.1 Å². The topological polar surface area (TPSA) is 57.5 Å². The Hall–Kier alpha value is -0.620. The van der Waals surface area contributed by atoms with Gasteiger partial charge in [-0.2, -0.15) is 0 Å². The number of carboxylic acid groups (broad SMARTS) is 1. The smallest absolute Gasteiger partial charge is 0.332 e. The highest BCUT2D eigenvalue weighted by molar-refractivity contribution is 14.1. The number of rotatable bonds is 3. The number of aliphatic hydroxyl groups excluding tert-OH is 1. The Morgan fingerprint density at radius 2 is 2.21 bits per heavy atom. The molecule has 14 heavy (non-hydrogen) atoms. The minimum Gasteiger partial charge on any atom is -0.479 e. The molecular weight excluding hydrogens is 295 g/mol. The Balaban J connectivity index is 2.87. The van der Waals surface area contributed by atoms with Crippen molar-refractivity contribution in [1.29, 1.82) is 0 Å². The van der Waals surface area contributed by atoms with Gasteiger partial charge in [-0.3, -0.25) is 0 Å². The zero-order chi connectivity index (χ0) is 10.7. The van der Waals surface area contributed by atoms with E-state index in [2.05, 4.69) is 22.6 Å². The Morgan fingerprint density at radius 1 is 1.57 bits per heavy atom. The average molecular weight is 306 g/mol. The molecule has 76 valence electrons. The normalized spacial score (nSPS) is 12.5. The molecule has 0 saturated carbocycles. The minimum atomic E-state index is -1.31. The average Bonchev–Trinajstić information content (AvgIpc) is 2.12. The SMILES string of the molecule is Cc1c(I)cccc1CC(O)C(=O)O. The van der Waals surface area contributed by atoms with Crippen LogP contribution in [0.3, 0.4) is 0 Å². The summed E-state index contributed by atoms with van der Waals surface area (Å²) in [4.78, 5) is 10.4. The molecule has 0 fully saturated rings. The third kappa shape index (κ3) is 2.68. The van der Waals surface area contributed by atoms with E-state index < -0.39 is 12.1 Å². The monoisotopic (exact) mass is 306 g/mol. The van der Waals surface area contributed by atoms with Gasteiger partial charge in [0.25, 0.3) is 0 Å². The number of aliphatic hydroxyl groups is 1. The predicted octanol–water partition coefficient (Wildman–Crippen LogP) is 1.59. The molecule has 0 amide bonds. The van der Waals surface area contributed by atoms with Gasteiger partial charge >= 0.3 is 5.97 Å². The van der Waals surface area contributed by atoms with Gasteiger partial charge in [-0.1, -0.05) is 12.1 Å². The maximum atomic E-state index is 10.4. The molecule has 1 atom stereocenters. The fourth-order valence-electron chi connectivity index (χ4n) is 1.17. The number of hydrogen-bond acceptors (Lipinski definition) is 2. The second-order valence-electron chi connectivity index (χ2n) is 3.08. The van der Waals surface area contributed by atoms with Crippen LogP contribution in [0.5, 0.6) is 0 Å². The molecule has 4 heteroatoms. The predicted molar refractivity (Wildman–Crippen MR) is 61.2 cm³/mol. The summed E-state index contributed by atoms with van der Waals surface area (Å²) >= 11 is 2.19. The van der Waals surface area contributed by atoms with E-state index in [1.807, 2.05) is 25.1 Å². The molecule has 0 bridgehead atoms. The van der Waals surface area contributed by atoms with E-state index in [9.17, 15) is 9.90 Å². The van der Waals surface area contributed by atoms with E-state index >= 15 is 0 Å². The largest absolute Gasteiger partial charge is 0.479 e. The number of aliphatic carboxylic acids is 1. The van der Waals surface area contributed by atoms with Crippen molar-refractivity contribution in [2.75, 3.05) is 0 Å². The van der Waals surface area contributed by atoms with Crippen LogP contribution < -0.4 is 0 Å². The zero-order valence-electron chi connectivity index (χ0n) is 7.70. The minimum absolute atomic E-state index is 0.165. The number of hydrogen-bond donors (Lipinski definition) is 2. The Morgan fingerprint density at radius 3 is 2.79 bits per heavy atom. The summed E-state index contributed by atoms with van der Waals surface area (Å²) in [6.45, 7) is 1.92. The van der Waals surface area contributed by atoms with E-state index in [0.29, 0.717) is 0 Å². The highest BCUT2D eigenvalue weighted by Crippen LogP contribution is 2.17. The molecule has 1 rings (SSSR count). The molecule has 0 aliphatic heterocycles. The van der Waals surface area contributed by atoms with Crippen LogP contribution in [0.2, 0.25) is 0 Å². The molecule has 1 unspecified atom stereocenters. The Labute approximate surface area is 95.9 Å². The summed E-state index contributed by atoms with van der Waals surface area (Å²) in [6.07, 6.45) is -1.15. The Kier molecular flexibility index (Phi) is 3.88. The van der Waals surface area contributed by atoms with Crippen molar-refractivity contribution >= 4 is 28.6 Å².